The zero-order chi connectivity index (χ0) is 17.3. The van der Waals surface area contributed by atoms with Crippen molar-refractivity contribution >= 4 is 35.5 Å². The van der Waals surface area contributed by atoms with Gasteiger partial charge in [0.2, 0.25) is 18.2 Å². The zero-order valence-electron chi connectivity index (χ0n) is 13.5. The first-order chi connectivity index (χ1) is 11.5. The van der Waals surface area contributed by atoms with Crippen molar-refractivity contribution in [2.75, 3.05) is 31.5 Å². The lowest BCUT2D eigenvalue weighted by molar-refractivity contribution is -0.137. The first-order valence-corrected chi connectivity index (χ1v) is 8.42. The van der Waals surface area contributed by atoms with E-state index in [0.29, 0.717) is 43.3 Å². The second kappa shape index (κ2) is 6.81. The molecule has 2 unspecified atom stereocenters. The van der Waals surface area contributed by atoms with E-state index >= 15 is 0 Å². The van der Waals surface area contributed by atoms with E-state index in [4.69, 9.17) is 11.6 Å². The Morgan fingerprint density at radius 2 is 1.92 bits per heavy atom. The molecule has 0 radical (unpaired) electrons. The van der Waals surface area contributed by atoms with Crippen LogP contribution in [0.2, 0.25) is 5.02 Å². The molecule has 128 valence electrons. The molecule has 3 rings (SSSR count). The molecule has 2 fully saturated rings. The molecule has 1 aromatic carbocycles. The van der Waals surface area contributed by atoms with E-state index in [2.05, 4.69) is 5.32 Å². The molecule has 6 nitrogen and oxygen atoms in total. The van der Waals surface area contributed by atoms with Gasteiger partial charge < -0.3 is 15.1 Å². The van der Waals surface area contributed by atoms with E-state index in [1.807, 2.05) is 13.0 Å². The van der Waals surface area contributed by atoms with Gasteiger partial charge in [-0.2, -0.15) is 0 Å². The minimum atomic E-state index is -0.276. The third-order valence-corrected chi connectivity index (χ3v) is 5.07. The molecule has 3 amide bonds. The van der Waals surface area contributed by atoms with Gasteiger partial charge in [-0.15, -0.1) is 0 Å². The van der Waals surface area contributed by atoms with Crippen molar-refractivity contribution < 1.29 is 14.4 Å². The van der Waals surface area contributed by atoms with Crippen molar-refractivity contribution in [3.05, 3.63) is 28.8 Å². The summed E-state index contributed by atoms with van der Waals surface area (Å²) in [6.07, 6.45) is 1.39. The molecule has 2 atom stereocenters. The number of amides is 3. The molecule has 1 heterocycles. The summed E-state index contributed by atoms with van der Waals surface area (Å²) < 4.78 is 0. The number of benzene rings is 1. The lowest BCUT2D eigenvalue weighted by Crippen LogP contribution is -2.48. The third kappa shape index (κ3) is 3.53. The minimum Gasteiger partial charge on any atom is -0.342 e. The Bertz CT molecular complexity index is 671. The van der Waals surface area contributed by atoms with E-state index < -0.39 is 0 Å². The van der Waals surface area contributed by atoms with Crippen LogP contribution in [0, 0.1) is 18.8 Å². The van der Waals surface area contributed by atoms with Crippen molar-refractivity contribution in [3.8, 4) is 0 Å². The molecule has 1 N–H and O–H groups in total. The molecule has 2 aliphatic rings. The van der Waals surface area contributed by atoms with Crippen LogP contribution in [0.15, 0.2) is 18.2 Å². The van der Waals surface area contributed by atoms with Gasteiger partial charge in [0, 0.05) is 36.9 Å². The quantitative estimate of drug-likeness (QED) is 0.838. The van der Waals surface area contributed by atoms with Gasteiger partial charge in [0.15, 0.2) is 0 Å². The Balaban J connectivity index is 1.52. The van der Waals surface area contributed by atoms with Crippen LogP contribution in [-0.4, -0.2) is 54.2 Å². The molecule has 7 heteroatoms. The minimum absolute atomic E-state index is 0.0163. The number of hydrogen-bond donors (Lipinski definition) is 1. The van der Waals surface area contributed by atoms with Gasteiger partial charge in [-0.1, -0.05) is 17.7 Å². The van der Waals surface area contributed by atoms with E-state index in [1.165, 1.54) is 0 Å². The van der Waals surface area contributed by atoms with Crippen LogP contribution in [0.5, 0.6) is 0 Å². The first kappa shape index (κ1) is 16.8. The van der Waals surface area contributed by atoms with Gasteiger partial charge in [-0.25, -0.2) is 0 Å². The highest BCUT2D eigenvalue weighted by molar-refractivity contribution is 6.31. The highest BCUT2D eigenvalue weighted by Gasteiger charge is 2.49. The summed E-state index contributed by atoms with van der Waals surface area (Å²) in [6.45, 7) is 4.08. The molecule has 1 aliphatic carbocycles. The van der Waals surface area contributed by atoms with Crippen molar-refractivity contribution in [2.45, 2.75) is 13.3 Å². The number of nitrogens with one attached hydrogen (secondary N) is 1. The van der Waals surface area contributed by atoms with Crippen LogP contribution in [0.4, 0.5) is 5.69 Å². The molecule has 1 aromatic rings. The van der Waals surface area contributed by atoms with E-state index in [9.17, 15) is 14.4 Å². The maximum Gasteiger partial charge on any atom is 0.228 e. The molecule has 1 saturated heterocycles. The Morgan fingerprint density at radius 1 is 1.21 bits per heavy atom. The number of piperazine rings is 1. The molecule has 24 heavy (non-hydrogen) atoms. The van der Waals surface area contributed by atoms with Gasteiger partial charge >= 0.3 is 0 Å². The van der Waals surface area contributed by atoms with Crippen LogP contribution in [-0.2, 0) is 14.4 Å². The van der Waals surface area contributed by atoms with E-state index in [0.717, 1.165) is 12.0 Å². The Hall–Kier alpha value is -2.08. The summed E-state index contributed by atoms with van der Waals surface area (Å²) in [5, 5.41) is 3.43. The van der Waals surface area contributed by atoms with Crippen LogP contribution >= 0.6 is 11.6 Å². The number of carbonyl (C=O) groups excluding carboxylic acids is 3. The van der Waals surface area contributed by atoms with Gasteiger partial charge in [0.25, 0.3) is 0 Å². The second-order valence-corrected chi connectivity index (χ2v) is 6.78. The first-order valence-electron chi connectivity index (χ1n) is 8.04. The standard InChI is InChI=1S/C17H20ClN3O3/c1-11-2-3-12(8-15(11)18)19-16(23)13-9-14(13)17(24)21-6-4-20(10-22)5-7-21/h2-3,8,10,13-14H,4-7,9H2,1H3,(H,19,23). The van der Waals surface area contributed by atoms with Crippen molar-refractivity contribution in [1.82, 2.24) is 9.80 Å². The lowest BCUT2D eigenvalue weighted by Gasteiger charge is -2.32. The number of rotatable bonds is 4. The largest absolute Gasteiger partial charge is 0.342 e. The summed E-state index contributed by atoms with van der Waals surface area (Å²) >= 11 is 6.06. The monoisotopic (exact) mass is 349 g/mol. The van der Waals surface area contributed by atoms with Crippen molar-refractivity contribution in [2.24, 2.45) is 11.8 Å². The number of anilines is 1. The molecule has 0 bridgehead atoms. The SMILES string of the molecule is Cc1ccc(NC(=O)C2CC2C(=O)N2CCN(C=O)CC2)cc1Cl. The Morgan fingerprint density at radius 3 is 2.54 bits per heavy atom. The van der Waals surface area contributed by atoms with Gasteiger partial charge in [0.05, 0.1) is 11.8 Å². The van der Waals surface area contributed by atoms with Gasteiger partial charge in [-0.3, -0.25) is 14.4 Å². The summed E-state index contributed by atoms with van der Waals surface area (Å²) in [7, 11) is 0. The third-order valence-electron chi connectivity index (χ3n) is 4.66. The normalized spacial score (nSPS) is 22.9. The molecule has 0 aromatic heterocycles. The lowest BCUT2D eigenvalue weighted by atomic mass is 10.2. The van der Waals surface area contributed by atoms with Crippen molar-refractivity contribution in [3.63, 3.8) is 0 Å². The summed E-state index contributed by atoms with van der Waals surface area (Å²) in [4.78, 5) is 38.8. The Kier molecular flexibility index (Phi) is 4.76. The number of nitrogens with zero attached hydrogens (tertiary/aromatic N) is 2. The predicted octanol–water partition coefficient (Wildman–Crippen LogP) is 1.52. The van der Waals surface area contributed by atoms with Crippen molar-refractivity contribution in [1.29, 1.82) is 0 Å². The topological polar surface area (TPSA) is 69.7 Å². The van der Waals surface area contributed by atoms with Crippen LogP contribution in [0.25, 0.3) is 0 Å². The average molecular weight is 350 g/mol. The molecule has 1 aliphatic heterocycles. The maximum absolute atomic E-state index is 12.4. The average Bonchev–Trinajstić information content (AvgIpc) is 3.38. The molecular weight excluding hydrogens is 330 g/mol. The van der Waals surface area contributed by atoms with Crippen LogP contribution < -0.4 is 5.32 Å². The molecule has 1 saturated carbocycles. The van der Waals surface area contributed by atoms with Gasteiger partial charge in [0.1, 0.15) is 0 Å². The highest BCUT2D eigenvalue weighted by Crippen LogP contribution is 2.41. The zero-order valence-corrected chi connectivity index (χ0v) is 14.3. The summed E-state index contributed by atoms with van der Waals surface area (Å²) in [6, 6.07) is 5.36. The van der Waals surface area contributed by atoms with E-state index in [-0.39, 0.29) is 23.7 Å². The van der Waals surface area contributed by atoms with Crippen LogP contribution in [0.1, 0.15) is 12.0 Å². The maximum atomic E-state index is 12.4. The fourth-order valence-corrected chi connectivity index (χ4v) is 3.13. The van der Waals surface area contributed by atoms with Crippen LogP contribution in [0.3, 0.4) is 0 Å². The fraction of sp³-hybridized carbons (Fsp3) is 0.471. The second-order valence-electron chi connectivity index (χ2n) is 6.37. The fourth-order valence-electron chi connectivity index (χ4n) is 2.95. The number of halogens is 1. The smallest absolute Gasteiger partial charge is 0.228 e. The predicted molar refractivity (Wildman–Crippen MR) is 90.6 cm³/mol. The summed E-state index contributed by atoms with van der Waals surface area (Å²) in [5.74, 6) is -0.641. The van der Waals surface area contributed by atoms with E-state index in [1.54, 1.807) is 21.9 Å². The Labute approximate surface area is 145 Å². The number of carbonyl (C=O) groups is 3. The van der Waals surface area contributed by atoms with Gasteiger partial charge in [-0.05, 0) is 31.0 Å². The summed E-state index contributed by atoms with van der Waals surface area (Å²) in [5.41, 5.74) is 1.59. The highest BCUT2D eigenvalue weighted by atomic mass is 35.5. The molecular formula is C17H20ClN3O3. The number of aryl methyl sites for hydroxylation is 1. The molecule has 0 spiro atoms. The number of hydrogen-bond acceptors (Lipinski definition) is 3.